The fourth-order valence-corrected chi connectivity index (χ4v) is 7.97. The molecule has 2 heterocycles. The van der Waals surface area contributed by atoms with Gasteiger partial charge in [-0.15, -0.1) is 0 Å². The van der Waals surface area contributed by atoms with Crippen LogP contribution in [-0.4, -0.2) is 19.9 Å². The molecule has 0 N–H and O–H groups in total. The summed E-state index contributed by atoms with van der Waals surface area (Å²) in [6.45, 7) is 0. The van der Waals surface area contributed by atoms with Gasteiger partial charge in [0, 0.05) is 29.1 Å². The van der Waals surface area contributed by atoms with Gasteiger partial charge in [-0.05, 0) is 56.6 Å². The summed E-state index contributed by atoms with van der Waals surface area (Å²) in [5.41, 5.74) is 15.0. The lowest BCUT2D eigenvalue weighted by Gasteiger charge is -2.35. The highest BCUT2D eigenvalue weighted by Crippen LogP contribution is 2.59. The highest BCUT2D eigenvalue weighted by Gasteiger charge is 2.48. The molecule has 51 heavy (non-hydrogen) atoms. The monoisotopic (exact) mass is 650 g/mol. The molecule has 0 bridgehead atoms. The van der Waals surface area contributed by atoms with Crippen LogP contribution in [0.25, 0.3) is 68.6 Å². The fraction of sp³-hybridized carbons (Fsp3) is 0.0213. The first-order valence-electron chi connectivity index (χ1n) is 17.2. The van der Waals surface area contributed by atoms with E-state index in [0.29, 0.717) is 11.6 Å². The number of hydrogen-bond donors (Lipinski definition) is 0. The lowest BCUT2D eigenvalue weighted by Crippen LogP contribution is -2.30. The van der Waals surface area contributed by atoms with Crippen molar-refractivity contribution >= 4 is 12.2 Å². The average Bonchev–Trinajstić information content (AvgIpc) is 3.41. The van der Waals surface area contributed by atoms with Crippen molar-refractivity contribution in [3.8, 4) is 56.4 Å². The third-order valence-corrected chi connectivity index (χ3v) is 10.3. The first kappa shape index (κ1) is 29.2. The average molecular weight is 651 g/mol. The van der Waals surface area contributed by atoms with E-state index in [4.69, 9.17) is 19.9 Å². The molecule has 0 amide bonds. The van der Waals surface area contributed by atoms with Crippen molar-refractivity contribution in [3.63, 3.8) is 0 Å². The highest BCUT2D eigenvalue weighted by atomic mass is 14.9. The minimum atomic E-state index is -0.516. The van der Waals surface area contributed by atoms with Crippen LogP contribution in [0, 0.1) is 0 Å². The Morgan fingerprint density at radius 3 is 1.55 bits per heavy atom. The summed E-state index contributed by atoms with van der Waals surface area (Å²) in [5, 5.41) is 0. The highest BCUT2D eigenvalue weighted by molar-refractivity contribution is 5.92. The summed E-state index contributed by atoms with van der Waals surface area (Å²) in [6, 6.07) is 55.8. The molecule has 4 heteroatoms. The van der Waals surface area contributed by atoms with Crippen molar-refractivity contribution in [2.75, 3.05) is 0 Å². The Balaban J connectivity index is 1.20. The van der Waals surface area contributed by atoms with E-state index in [2.05, 4.69) is 121 Å². The Morgan fingerprint density at radius 1 is 0.353 bits per heavy atom. The van der Waals surface area contributed by atoms with Crippen LogP contribution in [0.5, 0.6) is 0 Å². The van der Waals surface area contributed by atoms with Crippen LogP contribution in [0.4, 0.5) is 0 Å². The van der Waals surface area contributed by atoms with Gasteiger partial charge in [0.05, 0.1) is 22.4 Å². The lowest BCUT2D eigenvalue weighted by atomic mass is 9.66. The number of hydrogen-bond acceptors (Lipinski definition) is 4. The smallest absolute Gasteiger partial charge is 0.163 e. The van der Waals surface area contributed by atoms with E-state index < -0.39 is 5.41 Å². The third kappa shape index (κ3) is 4.61. The molecule has 238 valence electrons. The van der Waals surface area contributed by atoms with Gasteiger partial charge in [0.2, 0.25) is 0 Å². The van der Waals surface area contributed by atoms with Crippen molar-refractivity contribution in [1.29, 1.82) is 0 Å². The van der Waals surface area contributed by atoms with Gasteiger partial charge in [-0.3, -0.25) is 0 Å². The van der Waals surface area contributed by atoms with Crippen molar-refractivity contribution in [3.05, 3.63) is 203 Å². The molecule has 4 nitrogen and oxygen atoms in total. The van der Waals surface area contributed by atoms with Gasteiger partial charge >= 0.3 is 0 Å². The number of fused-ring (bicyclic) bond motifs is 9. The number of aromatic nitrogens is 4. The molecule has 0 saturated carbocycles. The zero-order chi connectivity index (χ0) is 33.8. The summed E-state index contributed by atoms with van der Waals surface area (Å²) < 4.78 is 0. The molecule has 0 fully saturated rings. The standard InChI is InChI=1S/C47H30N4/c1-3-15-33(16-4-1)43-28-44(51-46(50-43)36-29-48-45(49-30-36)34-17-5-2-6-18-34)35-25-26-38-37-19-9-12-22-41(37)47(42(38)27-35)39-20-10-7-13-31(39)23-24-32-14-8-11-21-40(32)47/h1-30H. The molecule has 6 aromatic carbocycles. The van der Waals surface area contributed by atoms with Crippen LogP contribution < -0.4 is 0 Å². The van der Waals surface area contributed by atoms with Crippen LogP contribution in [0.15, 0.2) is 170 Å². The first-order chi connectivity index (χ1) is 25.3. The minimum absolute atomic E-state index is 0.516. The maximum absolute atomic E-state index is 5.21. The predicted molar refractivity (Wildman–Crippen MR) is 206 cm³/mol. The fourth-order valence-electron chi connectivity index (χ4n) is 7.97. The van der Waals surface area contributed by atoms with E-state index in [1.165, 1.54) is 44.5 Å². The largest absolute Gasteiger partial charge is 0.236 e. The Hall–Kier alpha value is -6.78. The first-order valence-corrected chi connectivity index (χ1v) is 17.2. The van der Waals surface area contributed by atoms with Crippen LogP contribution in [0.2, 0.25) is 0 Å². The van der Waals surface area contributed by atoms with Crippen LogP contribution in [0.3, 0.4) is 0 Å². The Labute approximate surface area is 296 Å². The summed E-state index contributed by atoms with van der Waals surface area (Å²) in [6.07, 6.45) is 8.18. The molecule has 2 aliphatic carbocycles. The van der Waals surface area contributed by atoms with Crippen molar-refractivity contribution < 1.29 is 0 Å². The maximum Gasteiger partial charge on any atom is 0.163 e. The van der Waals surface area contributed by atoms with Crippen LogP contribution in [-0.2, 0) is 5.41 Å². The normalized spacial score (nSPS) is 13.2. The second-order valence-electron chi connectivity index (χ2n) is 13.1. The summed E-state index contributed by atoms with van der Waals surface area (Å²) in [4.78, 5) is 19.7. The number of rotatable bonds is 4. The zero-order valence-corrected chi connectivity index (χ0v) is 27.6. The maximum atomic E-state index is 5.21. The molecule has 0 radical (unpaired) electrons. The number of nitrogens with zero attached hydrogens (tertiary/aromatic N) is 4. The molecule has 0 saturated heterocycles. The van der Waals surface area contributed by atoms with Crippen LogP contribution in [0.1, 0.15) is 33.4 Å². The SMILES string of the molecule is C1=Cc2ccccc2C2(c3ccccc31)c1ccccc1-c1ccc(-c3cc(-c4ccccc4)nc(-c4cnc(-c5ccccc5)nc4)n3)cc12. The second kappa shape index (κ2) is 11.7. The lowest BCUT2D eigenvalue weighted by molar-refractivity contribution is 0.766. The molecule has 2 aliphatic rings. The van der Waals surface area contributed by atoms with E-state index in [9.17, 15) is 0 Å². The Morgan fingerprint density at radius 2 is 0.882 bits per heavy atom. The summed E-state index contributed by atoms with van der Waals surface area (Å²) in [7, 11) is 0. The van der Waals surface area contributed by atoms with Gasteiger partial charge in [0.15, 0.2) is 11.6 Å². The molecular weight excluding hydrogens is 621 g/mol. The molecule has 0 atom stereocenters. The molecule has 2 aromatic heterocycles. The van der Waals surface area contributed by atoms with Gasteiger partial charge in [0.25, 0.3) is 0 Å². The van der Waals surface area contributed by atoms with E-state index in [-0.39, 0.29) is 0 Å². The van der Waals surface area contributed by atoms with E-state index in [1.54, 1.807) is 0 Å². The van der Waals surface area contributed by atoms with Gasteiger partial charge < -0.3 is 0 Å². The van der Waals surface area contributed by atoms with Gasteiger partial charge in [-0.2, -0.15) is 0 Å². The minimum Gasteiger partial charge on any atom is -0.236 e. The van der Waals surface area contributed by atoms with Gasteiger partial charge in [-0.25, -0.2) is 19.9 Å². The Kier molecular flexibility index (Phi) is 6.68. The van der Waals surface area contributed by atoms with Gasteiger partial charge in [-0.1, -0.05) is 158 Å². The molecule has 0 unspecified atom stereocenters. The quantitative estimate of drug-likeness (QED) is 0.190. The van der Waals surface area contributed by atoms with Crippen molar-refractivity contribution in [2.45, 2.75) is 5.41 Å². The zero-order valence-electron chi connectivity index (χ0n) is 27.6. The molecule has 10 rings (SSSR count). The molecular formula is C47H30N4. The summed E-state index contributed by atoms with van der Waals surface area (Å²) in [5.74, 6) is 1.25. The molecule has 0 aliphatic heterocycles. The third-order valence-electron chi connectivity index (χ3n) is 10.3. The Bertz CT molecular complexity index is 2580. The second-order valence-corrected chi connectivity index (χ2v) is 13.1. The topological polar surface area (TPSA) is 51.6 Å². The summed E-state index contributed by atoms with van der Waals surface area (Å²) >= 11 is 0. The van der Waals surface area contributed by atoms with E-state index in [1.807, 2.05) is 60.9 Å². The van der Waals surface area contributed by atoms with Crippen molar-refractivity contribution in [1.82, 2.24) is 19.9 Å². The van der Waals surface area contributed by atoms with E-state index >= 15 is 0 Å². The molecule has 1 spiro atoms. The van der Waals surface area contributed by atoms with Crippen LogP contribution >= 0.6 is 0 Å². The predicted octanol–water partition coefficient (Wildman–Crippen LogP) is 10.8. The number of benzene rings is 6. The van der Waals surface area contributed by atoms with Crippen molar-refractivity contribution in [2.24, 2.45) is 0 Å². The van der Waals surface area contributed by atoms with E-state index in [0.717, 1.165) is 33.6 Å². The van der Waals surface area contributed by atoms with Gasteiger partial charge in [0.1, 0.15) is 0 Å². The molecule has 8 aromatic rings.